The molecule has 108 heavy (non-hydrogen) atoms. The lowest BCUT2D eigenvalue weighted by Crippen LogP contribution is -2.58. The molecule has 0 spiro atoms. The van der Waals surface area contributed by atoms with E-state index in [0.29, 0.717) is 0 Å². The van der Waals surface area contributed by atoms with Gasteiger partial charge in [0.1, 0.15) is 19.3 Å². The Hall–Kier alpha value is -13.1. The van der Waals surface area contributed by atoms with Crippen LogP contribution < -0.4 is 10.6 Å². The molecule has 0 saturated carbocycles. The third kappa shape index (κ3) is 3.83. The van der Waals surface area contributed by atoms with Gasteiger partial charge in [0.25, 0.3) is 0 Å². The number of hydrogen-bond donors (Lipinski definition) is 2. The number of benzene rings is 24. The summed E-state index contributed by atoms with van der Waals surface area (Å²) in [6.45, 7) is 0.0811. The van der Waals surface area contributed by atoms with Crippen LogP contribution >= 0.6 is 0 Å². The zero-order valence-electron chi connectivity index (χ0n) is 56.6. The van der Waals surface area contributed by atoms with Gasteiger partial charge in [-0.1, -0.05) is 146 Å². The average molecular weight is 1360 g/mol. The van der Waals surface area contributed by atoms with E-state index in [2.05, 4.69) is 132 Å². The van der Waals surface area contributed by atoms with Crippen LogP contribution in [0.5, 0.6) is 0 Å². The topological polar surface area (TPSA) is 76.7 Å². The second-order valence-electron chi connectivity index (χ2n) is 34.9. The Morgan fingerprint density at radius 2 is 0.593 bits per heavy atom. The van der Waals surface area contributed by atoms with Crippen LogP contribution in [0.25, 0.3) is 302 Å². The van der Waals surface area contributed by atoms with Gasteiger partial charge in [0, 0.05) is 5.92 Å². The summed E-state index contributed by atoms with van der Waals surface area (Å²) in [5.41, 5.74) is 10.8. The number of fused-ring (bicyclic) bond motifs is 1. The highest BCUT2D eigenvalue weighted by molar-refractivity contribution is 6.82. The zero-order chi connectivity index (χ0) is 67.4. The minimum absolute atomic E-state index is 0.00921. The first-order valence-corrected chi connectivity index (χ1v) is 38.9. The molecule has 34 aromatic carbocycles. The van der Waals surface area contributed by atoms with Crippen molar-refractivity contribution < 1.29 is 19.1 Å². The Kier molecular flexibility index (Phi) is 6.26. The summed E-state index contributed by atoms with van der Waals surface area (Å²) in [7, 11) is 0. The lowest BCUT2D eigenvalue weighted by molar-refractivity contribution is -0.149. The molecule has 0 radical (unpaired) electrons. The van der Waals surface area contributed by atoms with Crippen LogP contribution in [0, 0.1) is 0 Å². The second kappa shape index (κ2) is 13.8. The van der Waals surface area contributed by atoms with E-state index in [9.17, 15) is 4.79 Å². The van der Waals surface area contributed by atoms with Crippen LogP contribution in [-0.2, 0) is 37.7 Å². The molecule has 1 unspecified atom stereocenters. The molecule has 0 aromatic heterocycles. The molecule has 0 heterocycles. The van der Waals surface area contributed by atoms with Gasteiger partial charge in [-0.3, -0.25) is 20.2 Å². The standard InChI is InChI=1S/C102H38N2O4/c105-38(27-103-98(31-15-5-1-6-16-31)32-17-7-2-8-18-32)107-28-30-25-35-23-13-14-24-37(35)36(26-30)29-108-101(106)100(104-99(33-19-9-3-10-20-33)34-21-11-4-12-22-34)102-95-91-85-71-63-55-43-40-39-41-44(43)56-58-54-48(41)50-46-42(39)45-49-47(40)53-57(55)69(71)77-75-61(53)59(49)67-65-51(45)52(46)66-68-60(50)62(54)76-78-70(58)72(64(56)63)86(85)92(95)88(78)90-82(76)80(68)84-74(66)73(65)83-79(67)81(75)89(87(77)91)96(102)93(83)94(84)97(90)102/h1-26,95,98-100,103-104H,27-29H2. The third-order valence-electron chi connectivity index (χ3n) is 32.0. The molecule has 4 aliphatic carbocycles. The van der Waals surface area contributed by atoms with Crippen LogP contribution in [0.1, 0.15) is 73.6 Å². The normalized spacial score (nSPS) is 17.8. The van der Waals surface area contributed by atoms with Gasteiger partial charge in [-0.25, -0.2) is 0 Å². The fourth-order valence-corrected chi connectivity index (χ4v) is 29.9. The maximum Gasteiger partial charge on any atom is 0.324 e. The first-order chi connectivity index (χ1) is 53.6. The monoisotopic (exact) mass is 1350 g/mol. The molecule has 6 heteroatoms. The summed E-state index contributed by atoms with van der Waals surface area (Å²) in [5, 5.41) is 92.4. The lowest BCUT2D eigenvalue weighted by atomic mass is 9.54. The van der Waals surface area contributed by atoms with Crippen molar-refractivity contribution >= 4 is 314 Å². The number of ether oxygens (including phenoxy) is 2. The Balaban J connectivity index is 0.673. The number of carbonyl (C=O) groups is 2. The zero-order valence-corrected chi connectivity index (χ0v) is 56.6. The highest BCUT2D eigenvalue weighted by Crippen LogP contribution is 2.84. The van der Waals surface area contributed by atoms with Crippen LogP contribution in [0.3, 0.4) is 0 Å². The molecule has 0 aliphatic heterocycles. The first-order valence-electron chi connectivity index (χ1n) is 38.9. The van der Waals surface area contributed by atoms with E-state index in [1.165, 1.54) is 195 Å². The number of rotatable bonds is 15. The van der Waals surface area contributed by atoms with Gasteiger partial charge in [-0.05, 0) is 369 Å². The minimum atomic E-state index is -1.03. The van der Waals surface area contributed by atoms with E-state index in [-0.39, 0.29) is 43.7 Å². The third-order valence-corrected chi connectivity index (χ3v) is 32.0. The van der Waals surface area contributed by atoms with Crippen LogP contribution in [0.15, 0.2) is 158 Å². The average Bonchev–Trinajstić information content (AvgIpc) is 1.39. The van der Waals surface area contributed by atoms with Crippen LogP contribution in [0.4, 0.5) is 0 Å². The Morgan fingerprint density at radius 3 is 0.944 bits per heavy atom. The molecule has 2 N–H and O–H groups in total. The van der Waals surface area contributed by atoms with Crippen molar-refractivity contribution in [3.05, 3.63) is 213 Å². The van der Waals surface area contributed by atoms with E-state index in [1.807, 2.05) is 36.4 Å². The molecule has 1 atom stereocenters. The first kappa shape index (κ1) is 48.8. The van der Waals surface area contributed by atoms with Crippen molar-refractivity contribution in [2.75, 3.05) is 6.54 Å². The van der Waals surface area contributed by atoms with Crippen molar-refractivity contribution in [1.82, 2.24) is 10.6 Å². The summed E-state index contributed by atoms with van der Waals surface area (Å²) in [6, 6.07) is 53.7. The van der Waals surface area contributed by atoms with Crippen molar-refractivity contribution in [2.24, 2.45) is 0 Å². The van der Waals surface area contributed by atoms with Gasteiger partial charge < -0.3 is 9.47 Å². The molecular weight excluding hydrogens is 1320 g/mol. The van der Waals surface area contributed by atoms with Crippen molar-refractivity contribution in [2.45, 2.75) is 42.7 Å². The number of hydrogen-bond acceptors (Lipinski definition) is 6. The van der Waals surface area contributed by atoms with Gasteiger partial charge in [-0.15, -0.1) is 0 Å². The van der Waals surface area contributed by atoms with Crippen LogP contribution in [0.2, 0.25) is 0 Å². The highest BCUT2D eigenvalue weighted by Gasteiger charge is 2.67. The van der Waals surface area contributed by atoms with Gasteiger partial charge >= 0.3 is 11.9 Å². The molecule has 6 nitrogen and oxygen atoms in total. The molecule has 0 amide bonds. The molecule has 38 rings (SSSR count). The summed E-state index contributed by atoms with van der Waals surface area (Å²) in [4.78, 5) is 32.4. The molecular formula is C102H38N2O4. The smallest absolute Gasteiger partial charge is 0.324 e. The number of nitrogens with one attached hydrogen (secondary N) is 2. The van der Waals surface area contributed by atoms with Crippen LogP contribution in [-0.4, -0.2) is 24.5 Å². The maximum absolute atomic E-state index is 18.3. The lowest BCUT2D eigenvalue weighted by Gasteiger charge is -2.49. The predicted molar refractivity (Wildman–Crippen MR) is 443 cm³/mol. The Bertz CT molecular complexity index is 9420. The van der Waals surface area contributed by atoms with E-state index < -0.39 is 17.5 Å². The number of carbonyl (C=O) groups excluding carboxylic acids is 2. The highest BCUT2D eigenvalue weighted by atomic mass is 16.5. The molecule has 0 saturated heterocycles. The minimum Gasteiger partial charge on any atom is -0.460 e. The summed E-state index contributed by atoms with van der Waals surface area (Å²) < 4.78 is 13.9. The summed E-state index contributed by atoms with van der Waals surface area (Å²) in [6.07, 6.45) is 0. The van der Waals surface area contributed by atoms with Gasteiger partial charge in [0.15, 0.2) is 0 Å². The molecule has 0 fully saturated rings. The van der Waals surface area contributed by atoms with Crippen molar-refractivity contribution in [3.8, 4) is 0 Å². The van der Waals surface area contributed by atoms with E-state index in [4.69, 9.17) is 9.47 Å². The quantitative estimate of drug-likeness (QED) is 0.0787. The molecule has 480 valence electrons. The fraction of sp³-hybridized carbons (Fsp3) is 0.0784. The largest absolute Gasteiger partial charge is 0.460 e. The van der Waals surface area contributed by atoms with Gasteiger partial charge in [0.2, 0.25) is 0 Å². The van der Waals surface area contributed by atoms with E-state index >= 15 is 4.79 Å². The summed E-state index contributed by atoms with van der Waals surface area (Å²) in [5.74, 6) is -0.842. The molecule has 0 bridgehead atoms. The van der Waals surface area contributed by atoms with E-state index in [1.54, 1.807) is 118 Å². The van der Waals surface area contributed by atoms with Crippen molar-refractivity contribution in [3.63, 3.8) is 0 Å². The Morgan fingerprint density at radius 1 is 0.306 bits per heavy atom. The number of esters is 2. The van der Waals surface area contributed by atoms with Gasteiger partial charge in [-0.2, -0.15) is 0 Å². The predicted octanol–water partition coefficient (Wildman–Crippen LogP) is 24.2. The maximum atomic E-state index is 18.3. The fourth-order valence-electron chi connectivity index (χ4n) is 29.9. The van der Waals surface area contributed by atoms with E-state index in [0.717, 1.165) is 44.2 Å². The van der Waals surface area contributed by atoms with Crippen molar-refractivity contribution in [1.29, 1.82) is 0 Å². The molecule has 34 aromatic rings. The SMILES string of the molecule is O=C(CNC(c1ccccc1)c1ccccc1)OCc1cc(COC(=O)C(NC(c2ccccc2)c2ccccc2)C23c4c5c6c7c8c9c(c%10c%11c2c2c4c4c%12c5c5c6c6c8c8c%13c9c9c%10c%10c%11c%11c2c2c4c4c%12c%12c5c5c6c8c6c8c%13c9c9c%10c%10c%11c2c2c4c4c%12c5c6c5c8c9c%10c2c45)C73)c2ccccc2c1. The second-order valence-corrected chi connectivity index (χ2v) is 34.9. The molecule has 4 aliphatic rings. The van der Waals surface area contributed by atoms with Gasteiger partial charge in [0.05, 0.1) is 24.0 Å². The Labute approximate surface area is 601 Å². The summed E-state index contributed by atoms with van der Waals surface area (Å²) >= 11 is 0.